The third kappa shape index (κ3) is 4.06. The molecule has 0 aliphatic rings. The van der Waals surface area contributed by atoms with E-state index in [4.69, 9.17) is 28.9 Å². The van der Waals surface area contributed by atoms with Crippen molar-refractivity contribution in [3.8, 4) is 0 Å². The maximum atomic E-state index is 12.0. The molecule has 0 radical (unpaired) electrons. The number of halogens is 2. The lowest BCUT2D eigenvalue weighted by Gasteiger charge is -2.16. The summed E-state index contributed by atoms with van der Waals surface area (Å²) < 4.78 is 0. The molecule has 110 valence electrons. The van der Waals surface area contributed by atoms with Crippen molar-refractivity contribution < 1.29 is 9.72 Å². The van der Waals surface area contributed by atoms with E-state index < -0.39 is 10.8 Å². The number of benzene rings is 1. The number of hydrogen-bond donors (Lipinski definition) is 2. The molecule has 0 heterocycles. The molecule has 0 aliphatic carbocycles. The smallest absolute Gasteiger partial charge is 0.271 e. The highest BCUT2D eigenvalue weighted by Gasteiger charge is 2.20. The topological polar surface area (TPSA) is 98.3 Å². The summed E-state index contributed by atoms with van der Waals surface area (Å²) in [5.41, 5.74) is 5.47. The molecule has 8 heteroatoms. The second kappa shape index (κ2) is 6.88. The Hall–Kier alpha value is -1.37. The number of nitrogens with two attached hydrogens (primary N) is 1. The predicted octanol–water partition coefficient (Wildman–Crippen LogP) is 2.61. The largest absolute Gasteiger partial charge is 0.350 e. The van der Waals surface area contributed by atoms with Gasteiger partial charge < -0.3 is 11.1 Å². The molecule has 1 rings (SSSR count). The molecule has 0 saturated heterocycles. The number of nitro groups is 1. The molecule has 3 N–H and O–H groups in total. The van der Waals surface area contributed by atoms with Crippen LogP contribution in [0.4, 0.5) is 5.69 Å². The lowest BCUT2D eigenvalue weighted by molar-refractivity contribution is -0.384. The van der Waals surface area contributed by atoms with E-state index >= 15 is 0 Å². The Labute approximate surface area is 126 Å². The summed E-state index contributed by atoms with van der Waals surface area (Å²) in [6.45, 7) is 4.09. The van der Waals surface area contributed by atoms with Gasteiger partial charge in [0.25, 0.3) is 11.6 Å². The second-order valence-electron chi connectivity index (χ2n) is 4.66. The zero-order valence-corrected chi connectivity index (χ0v) is 12.5. The fourth-order valence-electron chi connectivity index (χ4n) is 1.39. The zero-order chi connectivity index (χ0) is 15.4. The molecule has 1 atom stereocenters. The first-order chi connectivity index (χ1) is 9.23. The van der Waals surface area contributed by atoms with Crippen LogP contribution in [0.3, 0.4) is 0 Å². The van der Waals surface area contributed by atoms with Crippen LogP contribution in [0.5, 0.6) is 0 Å². The first kappa shape index (κ1) is 16.7. The molecule has 0 fully saturated rings. The average molecular weight is 320 g/mol. The van der Waals surface area contributed by atoms with Gasteiger partial charge in [0.05, 0.1) is 20.5 Å². The van der Waals surface area contributed by atoms with Gasteiger partial charge in [0.1, 0.15) is 0 Å². The fraction of sp³-hybridized carbons (Fsp3) is 0.417. The van der Waals surface area contributed by atoms with Crippen LogP contribution in [0.15, 0.2) is 12.1 Å². The first-order valence-electron chi connectivity index (χ1n) is 5.91. The Morgan fingerprint density at radius 2 is 2.05 bits per heavy atom. The van der Waals surface area contributed by atoms with Crippen molar-refractivity contribution >= 4 is 34.8 Å². The van der Waals surface area contributed by atoms with Gasteiger partial charge in [0.2, 0.25) is 0 Å². The Balaban J connectivity index is 2.95. The number of carbonyl (C=O) groups is 1. The monoisotopic (exact) mass is 319 g/mol. The maximum absolute atomic E-state index is 12.0. The Kier molecular flexibility index (Phi) is 5.74. The lowest BCUT2D eigenvalue weighted by atomic mass is 10.1. The van der Waals surface area contributed by atoms with E-state index in [1.807, 2.05) is 13.8 Å². The lowest BCUT2D eigenvalue weighted by Crippen LogP contribution is -2.40. The standard InChI is InChI=1S/C12H15Cl2N3O3/c1-6(2)10(15)5-16-12(18)8-3-7(17(19)20)4-9(13)11(8)14/h3-4,6,10H,5,15H2,1-2H3,(H,16,18). The molecular weight excluding hydrogens is 305 g/mol. The molecule has 0 saturated carbocycles. The summed E-state index contributed by atoms with van der Waals surface area (Å²) >= 11 is 11.7. The number of non-ortho nitro benzene ring substituents is 1. The summed E-state index contributed by atoms with van der Waals surface area (Å²) in [5, 5.41) is 13.3. The summed E-state index contributed by atoms with van der Waals surface area (Å²) in [6, 6.07) is 1.97. The van der Waals surface area contributed by atoms with Gasteiger partial charge in [-0.2, -0.15) is 0 Å². The van der Waals surface area contributed by atoms with Crippen LogP contribution < -0.4 is 11.1 Å². The third-order valence-corrected chi connectivity index (χ3v) is 3.63. The normalized spacial score (nSPS) is 12.3. The van der Waals surface area contributed by atoms with Crippen molar-refractivity contribution in [2.45, 2.75) is 19.9 Å². The van der Waals surface area contributed by atoms with Gasteiger partial charge in [-0.3, -0.25) is 14.9 Å². The minimum absolute atomic E-state index is 0.0205. The van der Waals surface area contributed by atoms with Gasteiger partial charge in [-0.1, -0.05) is 37.0 Å². The van der Waals surface area contributed by atoms with Crippen LogP contribution in [-0.2, 0) is 0 Å². The van der Waals surface area contributed by atoms with Crippen LogP contribution in [0.2, 0.25) is 10.0 Å². The molecule has 0 spiro atoms. The summed E-state index contributed by atoms with van der Waals surface area (Å²) in [6.07, 6.45) is 0. The van der Waals surface area contributed by atoms with Gasteiger partial charge >= 0.3 is 0 Å². The van der Waals surface area contributed by atoms with E-state index in [0.29, 0.717) is 0 Å². The summed E-state index contributed by atoms with van der Waals surface area (Å²) in [5.74, 6) is -0.351. The minimum atomic E-state index is -0.640. The minimum Gasteiger partial charge on any atom is -0.350 e. The molecule has 0 bridgehead atoms. The average Bonchev–Trinajstić information content (AvgIpc) is 2.37. The molecule has 1 aromatic carbocycles. The predicted molar refractivity (Wildman–Crippen MR) is 78.3 cm³/mol. The van der Waals surface area contributed by atoms with Crippen LogP contribution >= 0.6 is 23.2 Å². The molecule has 6 nitrogen and oxygen atoms in total. The van der Waals surface area contributed by atoms with Gasteiger partial charge in [-0.25, -0.2) is 0 Å². The van der Waals surface area contributed by atoms with Crippen molar-refractivity contribution in [1.82, 2.24) is 5.32 Å². The number of nitrogens with one attached hydrogen (secondary N) is 1. The van der Waals surface area contributed by atoms with Crippen LogP contribution in [0.25, 0.3) is 0 Å². The molecular formula is C12H15Cl2N3O3. The van der Waals surface area contributed by atoms with E-state index in [1.165, 1.54) is 0 Å². The van der Waals surface area contributed by atoms with Crippen molar-refractivity contribution in [3.63, 3.8) is 0 Å². The van der Waals surface area contributed by atoms with E-state index in [1.54, 1.807) is 0 Å². The van der Waals surface area contributed by atoms with Crippen molar-refractivity contribution in [2.75, 3.05) is 6.54 Å². The first-order valence-corrected chi connectivity index (χ1v) is 6.66. The Morgan fingerprint density at radius 1 is 1.45 bits per heavy atom. The number of nitrogens with zero attached hydrogens (tertiary/aromatic N) is 1. The van der Waals surface area contributed by atoms with E-state index in [0.717, 1.165) is 12.1 Å². The van der Waals surface area contributed by atoms with Gasteiger partial charge in [-0.05, 0) is 5.92 Å². The molecule has 0 aromatic heterocycles. The highest BCUT2D eigenvalue weighted by Crippen LogP contribution is 2.30. The van der Waals surface area contributed by atoms with Gasteiger partial charge in [0, 0.05) is 24.7 Å². The molecule has 20 heavy (non-hydrogen) atoms. The second-order valence-corrected chi connectivity index (χ2v) is 5.45. The maximum Gasteiger partial charge on any atom is 0.271 e. The SMILES string of the molecule is CC(C)C(N)CNC(=O)c1cc([N+](=O)[O-])cc(Cl)c1Cl. The van der Waals surface area contributed by atoms with Crippen LogP contribution in [0.1, 0.15) is 24.2 Å². The fourth-order valence-corrected chi connectivity index (χ4v) is 1.80. The quantitative estimate of drug-likeness (QED) is 0.643. The van der Waals surface area contributed by atoms with Gasteiger partial charge in [0.15, 0.2) is 0 Å². The van der Waals surface area contributed by atoms with Crippen LogP contribution in [0, 0.1) is 16.0 Å². The number of hydrogen-bond acceptors (Lipinski definition) is 4. The Bertz CT molecular complexity index is 535. The summed E-state index contributed by atoms with van der Waals surface area (Å²) in [4.78, 5) is 22.1. The van der Waals surface area contributed by atoms with Crippen LogP contribution in [-0.4, -0.2) is 23.4 Å². The van der Waals surface area contributed by atoms with E-state index in [-0.39, 0.29) is 39.8 Å². The third-order valence-electron chi connectivity index (χ3n) is 2.82. The highest BCUT2D eigenvalue weighted by molar-refractivity contribution is 6.44. The highest BCUT2D eigenvalue weighted by atomic mass is 35.5. The number of nitro benzene ring substituents is 1. The molecule has 1 unspecified atom stereocenters. The Morgan fingerprint density at radius 3 is 2.55 bits per heavy atom. The van der Waals surface area contributed by atoms with Crippen molar-refractivity contribution in [3.05, 3.63) is 37.9 Å². The molecule has 1 aromatic rings. The number of rotatable bonds is 5. The van der Waals surface area contributed by atoms with Crippen molar-refractivity contribution in [1.29, 1.82) is 0 Å². The van der Waals surface area contributed by atoms with Crippen molar-refractivity contribution in [2.24, 2.45) is 11.7 Å². The van der Waals surface area contributed by atoms with Gasteiger partial charge in [-0.15, -0.1) is 0 Å². The van der Waals surface area contributed by atoms with E-state index in [2.05, 4.69) is 5.32 Å². The number of carbonyl (C=O) groups excluding carboxylic acids is 1. The van der Waals surface area contributed by atoms with E-state index in [9.17, 15) is 14.9 Å². The molecule has 0 aliphatic heterocycles. The zero-order valence-electron chi connectivity index (χ0n) is 11.0. The molecule has 1 amide bonds. The number of amides is 1. The summed E-state index contributed by atoms with van der Waals surface area (Å²) in [7, 11) is 0.